The van der Waals surface area contributed by atoms with E-state index in [0.29, 0.717) is 17.0 Å². The lowest BCUT2D eigenvalue weighted by atomic mass is 10.1. The molecule has 2 rings (SSSR count). The van der Waals surface area contributed by atoms with Gasteiger partial charge in [-0.3, -0.25) is 4.79 Å². The van der Waals surface area contributed by atoms with Gasteiger partial charge in [0.25, 0.3) is 5.91 Å². The topological polar surface area (TPSA) is 73.9 Å². The number of amides is 3. The number of carbonyl (C=O) groups is 2. The fraction of sp³-hybridized carbons (Fsp3) is 0.579. The number of nitrogens with one attached hydrogen (secondary N) is 2. The Hall–Kier alpha value is -2.28. The second kappa shape index (κ2) is 9.43. The van der Waals surface area contributed by atoms with Gasteiger partial charge in [0.05, 0.1) is 12.8 Å². The average Bonchev–Trinajstić information content (AvgIpc) is 2.62. The Morgan fingerprint density at radius 2 is 1.96 bits per heavy atom. The van der Waals surface area contributed by atoms with Gasteiger partial charge in [0.2, 0.25) is 0 Å². The molecule has 7 heteroatoms. The number of piperidine rings is 1. The van der Waals surface area contributed by atoms with Crippen molar-refractivity contribution in [1.82, 2.24) is 15.1 Å². The molecule has 1 heterocycles. The monoisotopic (exact) mass is 362 g/mol. The Kier molecular flexibility index (Phi) is 7.26. The van der Waals surface area contributed by atoms with E-state index >= 15 is 0 Å². The molecule has 0 bridgehead atoms. The molecular weight excluding hydrogens is 332 g/mol. The molecule has 0 aromatic heterocycles. The van der Waals surface area contributed by atoms with Crippen LogP contribution in [0.1, 0.15) is 36.5 Å². The minimum atomic E-state index is -0.272. The van der Waals surface area contributed by atoms with Crippen LogP contribution in [0, 0.1) is 0 Å². The maximum Gasteiger partial charge on any atom is 0.319 e. The van der Waals surface area contributed by atoms with E-state index in [1.54, 1.807) is 32.3 Å². The summed E-state index contributed by atoms with van der Waals surface area (Å²) in [6, 6.07) is 4.92. The van der Waals surface area contributed by atoms with Crippen LogP contribution in [-0.4, -0.2) is 68.6 Å². The molecule has 0 saturated carbocycles. The fourth-order valence-corrected chi connectivity index (χ4v) is 3.16. The molecule has 0 unspecified atom stereocenters. The van der Waals surface area contributed by atoms with Crippen LogP contribution in [0.3, 0.4) is 0 Å². The van der Waals surface area contributed by atoms with Crippen LogP contribution in [0.4, 0.5) is 10.5 Å². The maximum atomic E-state index is 12.4. The van der Waals surface area contributed by atoms with Gasteiger partial charge in [-0.05, 0) is 44.0 Å². The largest absolute Gasteiger partial charge is 0.495 e. The molecule has 144 valence electrons. The summed E-state index contributed by atoms with van der Waals surface area (Å²) in [5, 5.41) is 5.85. The predicted octanol–water partition coefficient (Wildman–Crippen LogP) is 2.39. The smallest absolute Gasteiger partial charge is 0.319 e. The summed E-state index contributed by atoms with van der Waals surface area (Å²) in [5.74, 6) is 0.396. The zero-order valence-corrected chi connectivity index (χ0v) is 16.2. The van der Waals surface area contributed by atoms with Crippen molar-refractivity contribution >= 4 is 17.6 Å². The fourth-order valence-electron chi connectivity index (χ4n) is 3.16. The second-order valence-corrected chi connectivity index (χ2v) is 6.83. The quantitative estimate of drug-likeness (QED) is 0.815. The molecule has 0 atom stereocenters. The minimum absolute atomic E-state index is 0.126. The van der Waals surface area contributed by atoms with Gasteiger partial charge >= 0.3 is 6.03 Å². The maximum absolute atomic E-state index is 12.4. The van der Waals surface area contributed by atoms with Crippen molar-refractivity contribution in [1.29, 1.82) is 0 Å². The van der Waals surface area contributed by atoms with Gasteiger partial charge in [0.15, 0.2) is 0 Å². The number of benzene rings is 1. The summed E-state index contributed by atoms with van der Waals surface area (Å²) >= 11 is 0. The number of hydrogen-bond acceptors (Lipinski definition) is 4. The van der Waals surface area contributed by atoms with E-state index in [1.165, 1.54) is 12.0 Å². The molecule has 1 aliphatic heterocycles. The van der Waals surface area contributed by atoms with E-state index in [9.17, 15) is 9.59 Å². The third kappa shape index (κ3) is 5.36. The number of anilines is 1. The Bertz CT molecular complexity index is 625. The zero-order valence-electron chi connectivity index (χ0n) is 16.2. The van der Waals surface area contributed by atoms with Crippen molar-refractivity contribution in [3.05, 3.63) is 23.8 Å². The molecule has 0 radical (unpaired) electrons. The average molecular weight is 362 g/mol. The van der Waals surface area contributed by atoms with Crippen LogP contribution < -0.4 is 15.4 Å². The molecule has 1 aromatic rings. The van der Waals surface area contributed by atoms with Gasteiger partial charge in [-0.15, -0.1) is 0 Å². The van der Waals surface area contributed by atoms with Gasteiger partial charge in [-0.1, -0.05) is 6.92 Å². The van der Waals surface area contributed by atoms with Crippen LogP contribution in [0.15, 0.2) is 18.2 Å². The number of nitrogens with zero attached hydrogens (tertiary/aromatic N) is 2. The van der Waals surface area contributed by atoms with Crippen LogP contribution in [-0.2, 0) is 0 Å². The Morgan fingerprint density at radius 1 is 1.27 bits per heavy atom. The summed E-state index contributed by atoms with van der Waals surface area (Å²) < 4.78 is 5.30. The van der Waals surface area contributed by atoms with Gasteiger partial charge in [-0.2, -0.15) is 0 Å². The van der Waals surface area contributed by atoms with Crippen LogP contribution in [0.2, 0.25) is 0 Å². The highest BCUT2D eigenvalue weighted by Crippen LogP contribution is 2.26. The Labute approximate surface area is 155 Å². The summed E-state index contributed by atoms with van der Waals surface area (Å²) in [6.45, 7) is 5.31. The number of carbonyl (C=O) groups excluding carboxylic acids is 2. The van der Waals surface area contributed by atoms with Gasteiger partial charge in [0, 0.05) is 38.8 Å². The number of urea groups is 1. The molecule has 0 aliphatic carbocycles. The van der Waals surface area contributed by atoms with Crippen molar-refractivity contribution in [2.24, 2.45) is 0 Å². The molecule has 26 heavy (non-hydrogen) atoms. The van der Waals surface area contributed by atoms with Gasteiger partial charge in [-0.25, -0.2) is 4.79 Å². The number of ether oxygens (including phenoxy) is 1. The normalized spacial score (nSPS) is 15.4. The van der Waals surface area contributed by atoms with Crippen molar-refractivity contribution in [3.8, 4) is 5.75 Å². The van der Waals surface area contributed by atoms with Gasteiger partial charge in [0.1, 0.15) is 5.75 Å². The summed E-state index contributed by atoms with van der Waals surface area (Å²) in [6.07, 6.45) is 3.05. The Balaban J connectivity index is 1.97. The first-order chi connectivity index (χ1) is 12.4. The lowest BCUT2D eigenvalue weighted by molar-refractivity contribution is 0.0827. The van der Waals surface area contributed by atoms with E-state index in [1.807, 2.05) is 0 Å². The molecule has 1 fully saturated rings. The SMILES string of the molecule is CCCN1CCC(NC(=O)Nc2cc(C(=O)N(C)C)ccc2OC)CC1. The minimum Gasteiger partial charge on any atom is -0.495 e. The van der Waals surface area contributed by atoms with Crippen LogP contribution in [0.5, 0.6) is 5.75 Å². The van der Waals surface area contributed by atoms with E-state index in [-0.39, 0.29) is 18.0 Å². The molecule has 3 amide bonds. The lowest BCUT2D eigenvalue weighted by Crippen LogP contribution is -2.46. The highest BCUT2D eigenvalue weighted by atomic mass is 16.5. The summed E-state index contributed by atoms with van der Waals surface area (Å²) in [5.41, 5.74) is 0.986. The standard InChI is InChI=1S/C19H30N4O3/c1-5-10-23-11-8-15(9-12-23)20-19(25)21-16-13-14(18(24)22(2)3)6-7-17(16)26-4/h6-7,13,15H,5,8-12H2,1-4H3,(H2,20,21,25). The van der Waals surface area contributed by atoms with Crippen LogP contribution >= 0.6 is 0 Å². The van der Waals surface area contributed by atoms with E-state index < -0.39 is 0 Å². The number of hydrogen-bond donors (Lipinski definition) is 2. The third-order valence-electron chi connectivity index (χ3n) is 4.56. The van der Waals surface area contributed by atoms with E-state index in [2.05, 4.69) is 22.5 Å². The molecule has 1 saturated heterocycles. The number of likely N-dealkylation sites (tertiary alicyclic amines) is 1. The zero-order chi connectivity index (χ0) is 19.1. The van der Waals surface area contributed by atoms with Crippen molar-refractivity contribution < 1.29 is 14.3 Å². The molecule has 7 nitrogen and oxygen atoms in total. The molecular formula is C19H30N4O3. The summed E-state index contributed by atoms with van der Waals surface area (Å²) in [7, 11) is 4.92. The van der Waals surface area contributed by atoms with Crippen LogP contribution in [0.25, 0.3) is 0 Å². The number of rotatable bonds is 6. The first-order valence-electron chi connectivity index (χ1n) is 9.14. The second-order valence-electron chi connectivity index (χ2n) is 6.83. The van der Waals surface area contributed by atoms with E-state index in [0.717, 1.165) is 38.9 Å². The van der Waals surface area contributed by atoms with E-state index in [4.69, 9.17) is 4.74 Å². The first kappa shape index (κ1) is 20.0. The third-order valence-corrected chi connectivity index (χ3v) is 4.56. The summed E-state index contributed by atoms with van der Waals surface area (Å²) in [4.78, 5) is 28.4. The lowest BCUT2D eigenvalue weighted by Gasteiger charge is -2.32. The highest BCUT2D eigenvalue weighted by molar-refractivity contribution is 5.97. The predicted molar refractivity (Wildman–Crippen MR) is 103 cm³/mol. The van der Waals surface area contributed by atoms with Crippen molar-refractivity contribution in [2.45, 2.75) is 32.2 Å². The highest BCUT2D eigenvalue weighted by Gasteiger charge is 2.21. The number of methoxy groups -OCH3 is 1. The molecule has 1 aromatic carbocycles. The molecule has 0 spiro atoms. The molecule has 2 N–H and O–H groups in total. The van der Waals surface area contributed by atoms with Gasteiger partial charge < -0.3 is 25.2 Å². The first-order valence-corrected chi connectivity index (χ1v) is 9.14. The van der Waals surface area contributed by atoms with Crippen molar-refractivity contribution in [2.75, 3.05) is 46.2 Å². The van der Waals surface area contributed by atoms with Crippen molar-refractivity contribution in [3.63, 3.8) is 0 Å². The Morgan fingerprint density at radius 3 is 2.54 bits per heavy atom. The molecule has 1 aliphatic rings.